The van der Waals surface area contributed by atoms with Crippen LogP contribution in [-0.2, 0) is 18.3 Å². The summed E-state index contributed by atoms with van der Waals surface area (Å²) < 4.78 is 10.0. The second-order valence-corrected chi connectivity index (χ2v) is 7.29. The molecule has 0 bridgehead atoms. The Labute approximate surface area is 171 Å². The fourth-order valence-electron chi connectivity index (χ4n) is 3.81. The van der Waals surface area contributed by atoms with E-state index >= 15 is 0 Å². The Morgan fingerprint density at radius 3 is 3.00 bits per heavy atom. The number of nitrogens with zero attached hydrogens (tertiary/aromatic N) is 6. The normalized spacial score (nSPS) is 17.8. The minimum atomic E-state index is 0.0149. The fourth-order valence-corrected chi connectivity index (χ4v) is 3.81. The van der Waals surface area contributed by atoms with Gasteiger partial charge in [-0.3, -0.25) is 9.67 Å². The van der Waals surface area contributed by atoms with Crippen LogP contribution in [0.3, 0.4) is 0 Å². The summed E-state index contributed by atoms with van der Waals surface area (Å²) in [5, 5.41) is 7.71. The fraction of sp³-hybridized carbons (Fsp3) is 0.476. The molecular weight excluding hydrogens is 366 g/mol. The Morgan fingerprint density at radius 1 is 1.34 bits per heavy atom. The molecule has 0 aliphatic carbocycles. The Hall–Kier alpha value is -2.87. The van der Waals surface area contributed by atoms with Gasteiger partial charge >= 0.3 is 0 Å². The van der Waals surface area contributed by atoms with Gasteiger partial charge in [-0.25, -0.2) is 4.98 Å². The lowest BCUT2D eigenvalue weighted by Crippen LogP contribution is -2.48. The van der Waals surface area contributed by atoms with Crippen molar-refractivity contribution in [3.8, 4) is 0 Å². The molecule has 3 heterocycles. The summed E-state index contributed by atoms with van der Waals surface area (Å²) in [5.74, 6) is 1.96. The van der Waals surface area contributed by atoms with E-state index in [1.165, 1.54) is 0 Å². The van der Waals surface area contributed by atoms with E-state index in [1.807, 2.05) is 30.2 Å². The summed E-state index contributed by atoms with van der Waals surface area (Å²) in [4.78, 5) is 11.8. The molecule has 1 aliphatic heterocycles. The molecule has 2 aromatic heterocycles. The number of ether oxygens (including phenoxy) is 1. The van der Waals surface area contributed by atoms with Crippen LogP contribution in [0.1, 0.15) is 24.4 Å². The quantitative estimate of drug-likeness (QED) is 0.529. The van der Waals surface area contributed by atoms with E-state index < -0.39 is 0 Å². The largest absolute Gasteiger partial charge is 0.370 e. The molecule has 29 heavy (non-hydrogen) atoms. The van der Waals surface area contributed by atoms with Crippen molar-refractivity contribution >= 4 is 17.0 Å². The monoisotopic (exact) mass is 395 g/mol. The van der Waals surface area contributed by atoms with Gasteiger partial charge in [-0.2, -0.15) is 5.10 Å². The third-order valence-electron chi connectivity index (χ3n) is 5.23. The topological polar surface area (TPSA) is 72.5 Å². The highest BCUT2D eigenvalue weighted by Gasteiger charge is 2.25. The number of nitrogens with one attached hydrogen (secondary N) is 1. The van der Waals surface area contributed by atoms with Gasteiger partial charge in [-0.05, 0) is 26.0 Å². The van der Waals surface area contributed by atoms with Crippen LogP contribution in [0.2, 0.25) is 0 Å². The van der Waals surface area contributed by atoms with Crippen LogP contribution in [0.25, 0.3) is 11.0 Å². The van der Waals surface area contributed by atoms with Gasteiger partial charge < -0.3 is 19.5 Å². The smallest absolute Gasteiger partial charge is 0.194 e. The lowest BCUT2D eigenvalue weighted by atomic mass is 10.1. The molecule has 1 fully saturated rings. The highest BCUT2D eigenvalue weighted by Crippen LogP contribution is 2.21. The highest BCUT2D eigenvalue weighted by atomic mass is 16.5. The number of hydrogen-bond acceptors (Lipinski definition) is 4. The van der Waals surface area contributed by atoms with Crippen molar-refractivity contribution < 1.29 is 4.74 Å². The summed E-state index contributed by atoms with van der Waals surface area (Å²) in [7, 11) is 1.93. The zero-order valence-electron chi connectivity index (χ0n) is 17.4. The number of imidazole rings is 1. The Balaban J connectivity index is 1.46. The first-order valence-electron chi connectivity index (χ1n) is 10.2. The average molecular weight is 396 g/mol. The number of guanidine groups is 1. The lowest BCUT2D eigenvalue weighted by molar-refractivity contribution is -0.00804. The van der Waals surface area contributed by atoms with Crippen molar-refractivity contribution in [2.45, 2.75) is 26.5 Å². The van der Waals surface area contributed by atoms with E-state index in [0.29, 0.717) is 13.2 Å². The number of aryl methyl sites for hydroxylation is 2. The number of morpholine rings is 1. The second-order valence-electron chi connectivity index (χ2n) is 7.29. The number of aromatic nitrogens is 4. The molecule has 1 unspecified atom stereocenters. The van der Waals surface area contributed by atoms with E-state index in [4.69, 9.17) is 9.73 Å². The summed E-state index contributed by atoms with van der Waals surface area (Å²) in [5.41, 5.74) is 3.30. The van der Waals surface area contributed by atoms with Crippen molar-refractivity contribution in [1.82, 2.24) is 29.5 Å². The van der Waals surface area contributed by atoms with Crippen LogP contribution in [0.15, 0.2) is 41.7 Å². The van der Waals surface area contributed by atoms with Crippen LogP contribution in [0.4, 0.5) is 0 Å². The number of benzene rings is 1. The van der Waals surface area contributed by atoms with Crippen molar-refractivity contribution in [2.24, 2.45) is 12.0 Å². The third kappa shape index (κ3) is 4.27. The first-order valence-corrected chi connectivity index (χ1v) is 10.2. The van der Waals surface area contributed by atoms with Gasteiger partial charge in [0.2, 0.25) is 0 Å². The maximum atomic E-state index is 5.97. The zero-order valence-corrected chi connectivity index (χ0v) is 17.4. The molecule has 4 rings (SSSR count). The molecule has 0 spiro atoms. The standard InChI is InChI=1S/C21H29N7O/c1-4-22-21(27-11-12-29-20(15-27)17-13-24-26(3)14-17)23-9-10-28-16(2)25-18-7-5-6-8-19(18)28/h5-8,13-14,20H,4,9-12,15H2,1-3H3,(H,22,23). The van der Waals surface area contributed by atoms with Gasteiger partial charge in [-0.1, -0.05) is 12.1 Å². The number of fused-ring (bicyclic) bond motifs is 1. The molecule has 1 aliphatic rings. The number of rotatable bonds is 5. The number of hydrogen-bond donors (Lipinski definition) is 1. The molecule has 3 aromatic rings. The Bertz CT molecular complexity index is 990. The highest BCUT2D eigenvalue weighted by molar-refractivity contribution is 5.80. The van der Waals surface area contributed by atoms with Gasteiger partial charge in [0.05, 0.1) is 36.9 Å². The summed E-state index contributed by atoms with van der Waals surface area (Å²) in [6, 6.07) is 8.25. The van der Waals surface area contributed by atoms with E-state index in [9.17, 15) is 0 Å². The molecule has 154 valence electrons. The predicted molar refractivity (Wildman–Crippen MR) is 114 cm³/mol. The molecule has 1 atom stereocenters. The lowest BCUT2D eigenvalue weighted by Gasteiger charge is -2.34. The van der Waals surface area contributed by atoms with Crippen LogP contribution in [0, 0.1) is 6.92 Å². The van der Waals surface area contributed by atoms with Crippen molar-refractivity contribution in [2.75, 3.05) is 32.8 Å². The molecule has 0 saturated carbocycles. The minimum Gasteiger partial charge on any atom is -0.370 e. The van der Waals surface area contributed by atoms with E-state index in [0.717, 1.165) is 54.6 Å². The van der Waals surface area contributed by atoms with Gasteiger partial charge in [0, 0.05) is 38.4 Å². The molecule has 8 heteroatoms. The molecule has 1 saturated heterocycles. The molecular formula is C21H29N7O. The van der Waals surface area contributed by atoms with Gasteiger partial charge in [0.25, 0.3) is 0 Å². The average Bonchev–Trinajstić information content (AvgIpc) is 3.30. The van der Waals surface area contributed by atoms with E-state index in [2.05, 4.69) is 56.9 Å². The zero-order chi connectivity index (χ0) is 20.2. The molecule has 0 radical (unpaired) electrons. The van der Waals surface area contributed by atoms with Gasteiger partial charge in [-0.15, -0.1) is 0 Å². The van der Waals surface area contributed by atoms with Crippen molar-refractivity contribution in [3.63, 3.8) is 0 Å². The van der Waals surface area contributed by atoms with E-state index in [1.54, 1.807) is 0 Å². The van der Waals surface area contributed by atoms with Crippen LogP contribution >= 0.6 is 0 Å². The van der Waals surface area contributed by atoms with Crippen LogP contribution in [-0.4, -0.2) is 63.0 Å². The summed E-state index contributed by atoms with van der Waals surface area (Å²) >= 11 is 0. The summed E-state index contributed by atoms with van der Waals surface area (Å²) in [6.45, 7) is 8.75. The minimum absolute atomic E-state index is 0.0149. The predicted octanol–water partition coefficient (Wildman–Crippen LogP) is 2.12. The number of aliphatic imine (C=N–C) groups is 1. The van der Waals surface area contributed by atoms with Gasteiger partial charge in [0.1, 0.15) is 11.9 Å². The SMILES string of the molecule is CCNC(=NCCn1c(C)nc2ccccc21)N1CCOC(c2cnn(C)c2)C1. The third-order valence-corrected chi connectivity index (χ3v) is 5.23. The number of para-hydroxylation sites is 2. The molecule has 8 nitrogen and oxygen atoms in total. The molecule has 1 aromatic carbocycles. The van der Waals surface area contributed by atoms with Crippen molar-refractivity contribution in [3.05, 3.63) is 48.0 Å². The summed E-state index contributed by atoms with van der Waals surface area (Å²) in [6.07, 6.45) is 3.91. The van der Waals surface area contributed by atoms with Crippen molar-refractivity contribution in [1.29, 1.82) is 0 Å². The maximum Gasteiger partial charge on any atom is 0.194 e. The van der Waals surface area contributed by atoms with Gasteiger partial charge in [0.15, 0.2) is 5.96 Å². The first-order chi connectivity index (χ1) is 14.2. The Kier molecular flexibility index (Phi) is 5.80. The first kappa shape index (κ1) is 19.4. The Morgan fingerprint density at radius 2 is 2.21 bits per heavy atom. The van der Waals surface area contributed by atoms with E-state index in [-0.39, 0.29) is 6.10 Å². The maximum absolute atomic E-state index is 5.97. The van der Waals surface area contributed by atoms with Crippen LogP contribution in [0.5, 0.6) is 0 Å². The van der Waals surface area contributed by atoms with Crippen LogP contribution < -0.4 is 5.32 Å². The second kappa shape index (κ2) is 8.65. The molecule has 1 N–H and O–H groups in total. The molecule has 0 amide bonds.